The van der Waals surface area contributed by atoms with Crippen molar-refractivity contribution in [2.24, 2.45) is 0 Å². The van der Waals surface area contributed by atoms with Crippen molar-refractivity contribution in [2.45, 2.75) is 31.3 Å². The second kappa shape index (κ2) is 6.73. The third-order valence-corrected chi connectivity index (χ3v) is 6.03. The Morgan fingerprint density at radius 1 is 1.19 bits per heavy atom. The Morgan fingerprint density at radius 2 is 1.93 bits per heavy atom. The predicted molar refractivity (Wildman–Crippen MR) is 103 cm³/mol. The molecule has 1 atom stereocenters. The Labute approximate surface area is 167 Å². The normalized spacial score (nSPS) is 21.4. The number of ether oxygens (including phenoxy) is 1. The van der Waals surface area contributed by atoms with Crippen molar-refractivity contribution in [1.82, 2.24) is 10.2 Å². The average molecular weight is 405 g/mol. The Kier molecular flexibility index (Phi) is 4.52. The molecule has 0 aromatic heterocycles. The number of nitrogens with zero attached hydrogens (tertiary/aromatic N) is 1. The summed E-state index contributed by atoms with van der Waals surface area (Å²) in [4.78, 5) is 27.3. The molecule has 1 saturated heterocycles. The van der Waals surface area contributed by atoms with Gasteiger partial charge in [-0.3, -0.25) is 9.69 Å². The van der Waals surface area contributed by atoms with Crippen LogP contribution in [0.2, 0.25) is 10.0 Å². The number of halogens is 2. The molecule has 7 heteroatoms. The van der Waals surface area contributed by atoms with E-state index in [1.165, 1.54) is 4.90 Å². The summed E-state index contributed by atoms with van der Waals surface area (Å²) in [5.41, 5.74) is 1.38. The van der Waals surface area contributed by atoms with Crippen molar-refractivity contribution in [2.75, 3.05) is 7.11 Å². The van der Waals surface area contributed by atoms with Gasteiger partial charge in [-0.05, 0) is 54.7 Å². The lowest BCUT2D eigenvalue weighted by atomic mass is 9.76. The van der Waals surface area contributed by atoms with Crippen LogP contribution in [0.1, 0.15) is 29.5 Å². The molecule has 2 aromatic carbocycles. The number of benzene rings is 2. The molecular formula is C20H18Cl2N2O3. The van der Waals surface area contributed by atoms with Crippen LogP contribution in [0.25, 0.3) is 0 Å². The zero-order chi connectivity index (χ0) is 19.2. The molecule has 1 spiro atoms. The number of hydrogen-bond acceptors (Lipinski definition) is 3. The summed E-state index contributed by atoms with van der Waals surface area (Å²) in [6.07, 6.45) is 2.20. The lowest BCUT2D eigenvalue weighted by molar-refractivity contribution is -0.132. The molecular weight excluding hydrogens is 387 g/mol. The highest BCUT2D eigenvalue weighted by atomic mass is 35.5. The molecule has 0 bridgehead atoms. The molecule has 1 N–H and O–H groups in total. The maximum absolute atomic E-state index is 13.4. The van der Waals surface area contributed by atoms with Crippen molar-refractivity contribution in [3.63, 3.8) is 0 Å². The lowest BCUT2D eigenvalue weighted by Crippen LogP contribution is -2.46. The van der Waals surface area contributed by atoms with E-state index in [0.717, 1.165) is 29.7 Å². The van der Waals surface area contributed by atoms with Crippen LogP contribution in [-0.4, -0.2) is 23.9 Å². The summed E-state index contributed by atoms with van der Waals surface area (Å²) < 4.78 is 5.29. The molecule has 0 saturated carbocycles. The van der Waals surface area contributed by atoms with Gasteiger partial charge in [0, 0.05) is 15.6 Å². The highest BCUT2D eigenvalue weighted by Gasteiger charge is 2.54. The Morgan fingerprint density at radius 3 is 2.63 bits per heavy atom. The van der Waals surface area contributed by atoms with Crippen molar-refractivity contribution < 1.29 is 14.3 Å². The van der Waals surface area contributed by atoms with Gasteiger partial charge < -0.3 is 10.1 Å². The van der Waals surface area contributed by atoms with Crippen molar-refractivity contribution in [3.05, 3.63) is 63.1 Å². The van der Waals surface area contributed by atoms with Gasteiger partial charge in [0.05, 0.1) is 13.7 Å². The van der Waals surface area contributed by atoms with Crippen LogP contribution in [0.4, 0.5) is 4.79 Å². The van der Waals surface area contributed by atoms with Gasteiger partial charge in [-0.25, -0.2) is 4.79 Å². The summed E-state index contributed by atoms with van der Waals surface area (Å²) in [6.45, 7) is 0.0381. The second-order valence-electron chi connectivity index (χ2n) is 6.80. The van der Waals surface area contributed by atoms with Gasteiger partial charge in [-0.15, -0.1) is 0 Å². The summed E-state index contributed by atoms with van der Waals surface area (Å²) in [7, 11) is 1.61. The number of fused-ring (bicyclic) bond motifs is 2. The van der Waals surface area contributed by atoms with Crippen LogP contribution >= 0.6 is 23.2 Å². The third kappa shape index (κ3) is 2.86. The molecule has 0 radical (unpaired) electrons. The van der Waals surface area contributed by atoms with Crippen LogP contribution in [0, 0.1) is 0 Å². The number of imide groups is 1. The van der Waals surface area contributed by atoms with E-state index in [2.05, 4.69) is 5.32 Å². The number of hydrogen-bond donors (Lipinski definition) is 1. The lowest BCUT2D eigenvalue weighted by Gasteiger charge is -2.33. The van der Waals surface area contributed by atoms with E-state index in [0.29, 0.717) is 22.0 Å². The number of rotatable bonds is 3. The number of urea groups is 1. The van der Waals surface area contributed by atoms with Crippen LogP contribution in [0.3, 0.4) is 0 Å². The van der Waals surface area contributed by atoms with Crippen LogP contribution in [0.5, 0.6) is 5.75 Å². The molecule has 1 aliphatic carbocycles. The highest BCUT2D eigenvalue weighted by Crippen LogP contribution is 2.42. The van der Waals surface area contributed by atoms with Crippen LogP contribution < -0.4 is 10.1 Å². The van der Waals surface area contributed by atoms with E-state index in [4.69, 9.17) is 27.9 Å². The van der Waals surface area contributed by atoms with Crippen molar-refractivity contribution in [3.8, 4) is 5.75 Å². The zero-order valence-corrected chi connectivity index (χ0v) is 16.2. The number of carbonyl (C=O) groups excluding carboxylic acids is 2. The second-order valence-corrected chi connectivity index (χ2v) is 7.62. The standard InChI is InChI=1S/C20H18Cl2N2O3/c1-27-13-7-8-15-12(10-13)4-3-9-20(15)18(25)24(19(26)23-20)11-14-16(21)5-2-6-17(14)22/h2,5-8,10H,3-4,9,11H2,1H3,(H,23,26)/t20-/m1/s1. The molecule has 27 heavy (non-hydrogen) atoms. The monoisotopic (exact) mass is 404 g/mol. The number of methoxy groups -OCH3 is 1. The number of amides is 3. The van der Waals surface area contributed by atoms with Crippen molar-refractivity contribution in [1.29, 1.82) is 0 Å². The first-order chi connectivity index (χ1) is 13.0. The topological polar surface area (TPSA) is 58.6 Å². The molecule has 4 rings (SSSR count). The molecule has 3 amide bonds. The fourth-order valence-electron chi connectivity index (χ4n) is 3.96. The van der Waals surface area contributed by atoms with Gasteiger partial charge in [-0.1, -0.05) is 35.3 Å². The minimum Gasteiger partial charge on any atom is -0.497 e. The SMILES string of the molecule is COc1ccc2c(c1)CCC[C@@]21NC(=O)N(Cc2c(Cl)cccc2Cl)C1=O. The van der Waals surface area contributed by atoms with E-state index in [9.17, 15) is 9.59 Å². The smallest absolute Gasteiger partial charge is 0.325 e. The summed E-state index contributed by atoms with van der Waals surface area (Å²) in [5, 5.41) is 3.79. The molecule has 2 aromatic rings. The number of nitrogens with one attached hydrogen (secondary N) is 1. The average Bonchev–Trinajstić information content (AvgIpc) is 2.89. The maximum atomic E-state index is 13.4. The Hall–Kier alpha value is -2.24. The quantitative estimate of drug-likeness (QED) is 0.776. The van der Waals surface area contributed by atoms with Gasteiger partial charge >= 0.3 is 6.03 Å². The van der Waals surface area contributed by atoms with Gasteiger partial charge in [0.25, 0.3) is 5.91 Å². The first-order valence-electron chi connectivity index (χ1n) is 8.70. The van der Waals surface area contributed by atoms with E-state index >= 15 is 0 Å². The number of aryl methyl sites for hydroxylation is 1. The zero-order valence-electron chi connectivity index (χ0n) is 14.7. The van der Waals surface area contributed by atoms with Gasteiger partial charge in [-0.2, -0.15) is 0 Å². The van der Waals surface area contributed by atoms with Gasteiger partial charge in [0.2, 0.25) is 0 Å². The summed E-state index contributed by atoms with van der Waals surface area (Å²) in [6, 6.07) is 10.3. The summed E-state index contributed by atoms with van der Waals surface area (Å²) >= 11 is 12.5. The molecule has 1 aliphatic heterocycles. The predicted octanol–water partition coefficient (Wildman–Crippen LogP) is 4.29. The highest BCUT2D eigenvalue weighted by molar-refractivity contribution is 6.36. The molecule has 0 unspecified atom stereocenters. The van der Waals surface area contributed by atoms with E-state index < -0.39 is 11.6 Å². The number of carbonyl (C=O) groups is 2. The molecule has 1 fully saturated rings. The van der Waals surface area contributed by atoms with Gasteiger partial charge in [0.1, 0.15) is 11.3 Å². The molecule has 1 heterocycles. The van der Waals surface area contributed by atoms with E-state index in [-0.39, 0.29) is 12.5 Å². The minimum atomic E-state index is -1.04. The summed E-state index contributed by atoms with van der Waals surface area (Å²) in [5.74, 6) is 0.469. The van der Waals surface area contributed by atoms with Crippen LogP contribution in [0.15, 0.2) is 36.4 Å². The Bertz CT molecular complexity index is 927. The minimum absolute atomic E-state index is 0.0381. The largest absolute Gasteiger partial charge is 0.497 e. The van der Waals surface area contributed by atoms with Crippen molar-refractivity contribution >= 4 is 35.1 Å². The van der Waals surface area contributed by atoms with E-state index in [1.807, 2.05) is 18.2 Å². The maximum Gasteiger partial charge on any atom is 0.325 e. The van der Waals surface area contributed by atoms with E-state index in [1.54, 1.807) is 25.3 Å². The molecule has 5 nitrogen and oxygen atoms in total. The molecule has 2 aliphatic rings. The fourth-order valence-corrected chi connectivity index (χ4v) is 4.48. The first-order valence-corrected chi connectivity index (χ1v) is 9.46. The first kappa shape index (κ1) is 18.1. The Balaban J connectivity index is 1.72. The fraction of sp³-hybridized carbons (Fsp3) is 0.300. The van der Waals surface area contributed by atoms with Gasteiger partial charge in [0.15, 0.2) is 0 Å². The molecule has 140 valence electrons. The third-order valence-electron chi connectivity index (χ3n) is 5.32. The van der Waals surface area contributed by atoms with Crippen LogP contribution in [-0.2, 0) is 23.3 Å².